The van der Waals surface area contributed by atoms with Gasteiger partial charge in [0.2, 0.25) is 5.78 Å². The summed E-state index contributed by atoms with van der Waals surface area (Å²) in [5, 5.41) is 4.27. The Balaban J connectivity index is 1.78. The lowest BCUT2D eigenvalue weighted by Gasteiger charge is -2.13. The zero-order valence-electron chi connectivity index (χ0n) is 17.5. The van der Waals surface area contributed by atoms with E-state index < -0.39 is 18.4 Å². The summed E-state index contributed by atoms with van der Waals surface area (Å²) >= 11 is 6.33. The second-order valence-electron chi connectivity index (χ2n) is 7.39. The molecular weight excluding hydrogens is 409 g/mol. The number of Topliss-reactive ketones (excluding diaryl/α,β-unsaturated/α-hetero) is 1. The van der Waals surface area contributed by atoms with E-state index in [0.29, 0.717) is 16.9 Å². The fraction of sp³-hybridized carbons (Fsp3) is 0.318. The van der Waals surface area contributed by atoms with E-state index >= 15 is 0 Å². The predicted molar refractivity (Wildman–Crippen MR) is 112 cm³/mol. The molecule has 0 fully saturated rings. The highest BCUT2D eigenvalue weighted by Crippen LogP contribution is 2.25. The molecule has 0 aliphatic rings. The van der Waals surface area contributed by atoms with Gasteiger partial charge in [-0.15, -0.1) is 0 Å². The lowest BCUT2D eigenvalue weighted by molar-refractivity contribution is 0.0474. The molecule has 3 rings (SSSR count). The Bertz CT molecular complexity index is 1110. The molecule has 158 valence electrons. The van der Waals surface area contributed by atoms with Gasteiger partial charge in [-0.3, -0.25) is 4.79 Å². The number of aryl methyl sites for hydroxylation is 2. The summed E-state index contributed by atoms with van der Waals surface area (Å²) in [5.74, 6) is -1.42. The molecule has 0 atom stereocenters. The van der Waals surface area contributed by atoms with Crippen LogP contribution in [0.5, 0.6) is 0 Å². The number of hydrogen-bond donors (Lipinski definition) is 0. The Morgan fingerprint density at radius 2 is 1.80 bits per heavy atom. The first-order valence-electron chi connectivity index (χ1n) is 9.51. The van der Waals surface area contributed by atoms with Gasteiger partial charge in [-0.2, -0.15) is 5.10 Å². The number of esters is 1. The average Bonchev–Trinajstić information content (AvgIpc) is 3.15. The Morgan fingerprint density at radius 3 is 2.37 bits per heavy atom. The number of ether oxygens (including phenoxy) is 1. The molecule has 0 radical (unpaired) electrons. The molecule has 0 bridgehead atoms. The first kappa shape index (κ1) is 21.8. The van der Waals surface area contributed by atoms with Crippen molar-refractivity contribution in [2.75, 3.05) is 6.61 Å². The van der Waals surface area contributed by atoms with Gasteiger partial charge in [0.1, 0.15) is 16.5 Å². The minimum Gasteiger partial charge on any atom is -0.454 e. The lowest BCUT2D eigenvalue weighted by atomic mass is 10.1. The standard InChI is InChI=1S/C22H23ClFN3O3/c1-12(2)26-13(3)10-18(15(26)5)19(28)11-30-22(29)20-14(4)25-27(21(20)23)17-8-6-16(24)7-9-17/h6-10,12H,11H2,1-5H3. The van der Waals surface area contributed by atoms with Crippen LogP contribution >= 0.6 is 11.6 Å². The van der Waals surface area contributed by atoms with Crippen LogP contribution in [0.25, 0.3) is 5.69 Å². The molecule has 30 heavy (non-hydrogen) atoms. The van der Waals surface area contributed by atoms with E-state index in [4.69, 9.17) is 16.3 Å². The van der Waals surface area contributed by atoms with Crippen LogP contribution in [-0.4, -0.2) is 32.7 Å². The number of aromatic nitrogens is 3. The fourth-order valence-corrected chi connectivity index (χ4v) is 3.97. The van der Waals surface area contributed by atoms with Gasteiger partial charge in [-0.25, -0.2) is 13.9 Å². The van der Waals surface area contributed by atoms with Crippen molar-refractivity contribution < 1.29 is 18.7 Å². The summed E-state index contributed by atoms with van der Waals surface area (Å²) in [5.41, 5.74) is 3.25. The molecule has 0 saturated carbocycles. The molecule has 0 aliphatic carbocycles. The van der Waals surface area contributed by atoms with Crippen LogP contribution in [0.15, 0.2) is 30.3 Å². The minimum absolute atomic E-state index is 0.0366. The molecule has 0 amide bonds. The summed E-state index contributed by atoms with van der Waals surface area (Å²) in [6.07, 6.45) is 0. The van der Waals surface area contributed by atoms with E-state index in [1.807, 2.05) is 27.7 Å². The van der Waals surface area contributed by atoms with Crippen LogP contribution in [0.1, 0.15) is 57.7 Å². The van der Waals surface area contributed by atoms with E-state index in [1.165, 1.54) is 28.9 Å². The number of carbonyl (C=O) groups is 2. The minimum atomic E-state index is -0.739. The molecule has 0 unspecified atom stereocenters. The zero-order valence-corrected chi connectivity index (χ0v) is 18.2. The monoisotopic (exact) mass is 431 g/mol. The van der Waals surface area contributed by atoms with E-state index in [-0.39, 0.29) is 22.5 Å². The van der Waals surface area contributed by atoms with Gasteiger partial charge < -0.3 is 9.30 Å². The second kappa shape index (κ2) is 8.44. The predicted octanol–water partition coefficient (Wildman–Crippen LogP) is 5.01. The van der Waals surface area contributed by atoms with Crippen molar-refractivity contribution in [2.45, 2.75) is 40.7 Å². The molecule has 0 saturated heterocycles. The lowest BCUT2D eigenvalue weighted by Crippen LogP contribution is -2.16. The Morgan fingerprint density at radius 1 is 1.17 bits per heavy atom. The number of rotatable bonds is 6. The Labute approximate surface area is 179 Å². The van der Waals surface area contributed by atoms with Crippen molar-refractivity contribution in [3.63, 3.8) is 0 Å². The number of hydrogen-bond acceptors (Lipinski definition) is 4. The molecule has 3 aromatic rings. The first-order valence-corrected chi connectivity index (χ1v) is 9.89. The maximum Gasteiger partial charge on any atom is 0.343 e. The van der Waals surface area contributed by atoms with Crippen LogP contribution in [0, 0.1) is 26.6 Å². The third-order valence-electron chi connectivity index (χ3n) is 4.91. The van der Waals surface area contributed by atoms with Gasteiger partial charge >= 0.3 is 5.97 Å². The number of benzene rings is 1. The van der Waals surface area contributed by atoms with Gasteiger partial charge in [-0.1, -0.05) is 11.6 Å². The summed E-state index contributed by atoms with van der Waals surface area (Å²) < 4.78 is 21.8. The zero-order chi connectivity index (χ0) is 22.2. The molecule has 0 N–H and O–H groups in total. The highest BCUT2D eigenvalue weighted by Gasteiger charge is 2.24. The summed E-state index contributed by atoms with van der Waals surface area (Å²) in [4.78, 5) is 25.2. The van der Waals surface area contributed by atoms with Crippen LogP contribution in [0.4, 0.5) is 4.39 Å². The quantitative estimate of drug-likeness (QED) is 0.406. The van der Waals surface area contributed by atoms with Crippen LogP contribution < -0.4 is 0 Å². The average molecular weight is 432 g/mol. The van der Waals surface area contributed by atoms with Crippen molar-refractivity contribution in [3.8, 4) is 5.69 Å². The smallest absolute Gasteiger partial charge is 0.343 e. The van der Waals surface area contributed by atoms with E-state index in [2.05, 4.69) is 9.67 Å². The summed E-state index contributed by atoms with van der Waals surface area (Å²) in [6.45, 7) is 9.09. The highest BCUT2D eigenvalue weighted by molar-refractivity contribution is 6.33. The van der Waals surface area contributed by atoms with Gasteiger partial charge in [0.05, 0.1) is 11.4 Å². The second-order valence-corrected chi connectivity index (χ2v) is 7.75. The van der Waals surface area contributed by atoms with E-state index in [9.17, 15) is 14.0 Å². The summed E-state index contributed by atoms with van der Waals surface area (Å²) in [6, 6.07) is 7.55. The summed E-state index contributed by atoms with van der Waals surface area (Å²) in [7, 11) is 0. The SMILES string of the molecule is Cc1nn(-c2ccc(F)cc2)c(Cl)c1C(=O)OCC(=O)c1cc(C)n(C(C)C)c1C. The normalized spacial score (nSPS) is 11.2. The molecule has 1 aromatic carbocycles. The van der Waals surface area contributed by atoms with E-state index in [0.717, 1.165) is 11.4 Å². The van der Waals surface area contributed by atoms with Gasteiger partial charge in [0.15, 0.2) is 6.61 Å². The van der Waals surface area contributed by atoms with Crippen LogP contribution in [0.2, 0.25) is 5.15 Å². The van der Waals surface area contributed by atoms with Gasteiger partial charge in [0, 0.05) is 23.0 Å². The Kier molecular flexibility index (Phi) is 6.12. The number of ketones is 1. The maximum atomic E-state index is 13.2. The fourth-order valence-electron chi connectivity index (χ4n) is 3.62. The van der Waals surface area contributed by atoms with Crippen molar-refractivity contribution in [1.29, 1.82) is 0 Å². The number of carbonyl (C=O) groups excluding carboxylic acids is 2. The van der Waals surface area contributed by atoms with Crippen molar-refractivity contribution in [3.05, 3.63) is 69.5 Å². The first-order chi connectivity index (χ1) is 14.1. The number of halogens is 2. The van der Waals surface area contributed by atoms with E-state index in [1.54, 1.807) is 13.0 Å². The van der Waals surface area contributed by atoms with Crippen LogP contribution in [-0.2, 0) is 4.74 Å². The maximum absolute atomic E-state index is 13.2. The van der Waals surface area contributed by atoms with Crippen molar-refractivity contribution >= 4 is 23.4 Å². The molecule has 2 aromatic heterocycles. The molecular formula is C22H23ClFN3O3. The Hall–Kier alpha value is -2.93. The van der Waals surface area contributed by atoms with Crippen molar-refractivity contribution in [1.82, 2.24) is 14.3 Å². The molecule has 2 heterocycles. The van der Waals surface area contributed by atoms with Gasteiger partial charge in [-0.05, 0) is 65.0 Å². The molecule has 0 spiro atoms. The molecule has 8 heteroatoms. The van der Waals surface area contributed by atoms with Crippen LogP contribution in [0.3, 0.4) is 0 Å². The third kappa shape index (κ3) is 4.03. The third-order valence-corrected chi connectivity index (χ3v) is 5.26. The van der Waals surface area contributed by atoms with Gasteiger partial charge in [0.25, 0.3) is 0 Å². The van der Waals surface area contributed by atoms with Crippen molar-refractivity contribution in [2.24, 2.45) is 0 Å². The largest absolute Gasteiger partial charge is 0.454 e. The molecule has 0 aliphatic heterocycles. The molecule has 6 nitrogen and oxygen atoms in total. The topological polar surface area (TPSA) is 66.1 Å². The highest BCUT2D eigenvalue weighted by atomic mass is 35.5. The number of nitrogens with zero attached hydrogens (tertiary/aromatic N) is 3.